The quantitative estimate of drug-likeness (QED) is 0.821. The van der Waals surface area contributed by atoms with Crippen molar-refractivity contribution in [3.05, 3.63) is 28.8 Å². The molecule has 0 amide bonds. The first-order valence-electron chi connectivity index (χ1n) is 5.71. The molecule has 1 unspecified atom stereocenters. The molecular formula is C13H18ClNO2. The van der Waals surface area contributed by atoms with Gasteiger partial charge in [0.1, 0.15) is 0 Å². The number of hydrogen-bond donors (Lipinski definition) is 1. The van der Waals surface area contributed by atoms with E-state index in [0.717, 1.165) is 16.3 Å². The van der Waals surface area contributed by atoms with E-state index in [1.165, 1.54) is 0 Å². The van der Waals surface area contributed by atoms with Crippen LogP contribution in [-0.4, -0.2) is 19.1 Å². The normalized spacial score (nSPS) is 12.0. The van der Waals surface area contributed by atoms with Crippen LogP contribution in [-0.2, 0) is 9.53 Å². The van der Waals surface area contributed by atoms with Crippen molar-refractivity contribution in [1.29, 1.82) is 0 Å². The molecule has 0 aliphatic heterocycles. The van der Waals surface area contributed by atoms with Crippen LogP contribution < -0.4 is 5.32 Å². The fourth-order valence-corrected chi connectivity index (χ4v) is 1.52. The Hall–Kier alpha value is -1.22. The lowest BCUT2D eigenvalue weighted by Crippen LogP contribution is -2.22. The second kappa shape index (κ2) is 6.50. The number of aryl methyl sites for hydroxylation is 1. The predicted molar refractivity (Wildman–Crippen MR) is 70.5 cm³/mol. The number of anilines is 1. The lowest BCUT2D eigenvalue weighted by molar-refractivity contribution is -0.146. The molecule has 0 bridgehead atoms. The van der Waals surface area contributed by atoms with Gasteiger partial charge in [0.2, 0.25) is 0 Å². The van der Waals surface area contributed by atoms with E-state index in [2.05, 4.69) is 5.32 Å². The summed E-state index contributed by atoms with van der Waals surface area (Å²) in [6.45, 7) is 6.55. The van der Waals surface area contributed by atoms with Crippen molar-refractivity contribution in [2.45, 2.75) is 20.8 Å². The third-order valence-corrected chi connectivity index (χ3v) is 2.88. The number of halogens is 1. The molecule has 0 spiro atoms. The van der Waals surface area contributed by atoms with Gasteiger partial charge in [-0.3, -0.25) is 4.79 Å². The highest BCUT2D eigenvalue weighted by molar-refractivity contribution is 6.31. The van der Waals surface area contributed by atoms with Gasteiger partial charge in [0.05, 0.1) is 12.5 Å². The number of nitrogens with one attached hydrogen (secondary N) is 1. The maximum Gasteiger partial charge on any atom is 0.310 e. The van der Waals surface area contributed by atoms with E-state index in [1.807, 2.05) is 32.0 Å². The van der Waals surface area contributed by atoms with E-state index in [4.69, 9.17) is 16.3 Å². The van der Waals surface area contributed by atoms with E-state index >= 15 is 0 Å². The predicted octanol–water partition coefficient (Wildman–Crippen LogP) is 3.26. The van der Waals surface area contributed by atoms with Gasteiger partial charge >= 0.3 is 5.97 Å². The molecule has 94 valence electrons. The van der Waals surface area contributed by atoms with Crippen LogP contribution in [0.4, 0.5) is 5.69 Å². The Kier molecular flexibility index (Phi) is 5.29. The monoisotopic (exact) mass is 255 g/mol. The average Bonchev–Trinajstić information content (AvgIpc) is 2.30. The summed E-state index contributed by atoms with van der Waals surface area (Å²) in [5, 5.41) is 3.89. The van der Waals surface area contributed by atoms with Crippen molar-refractivity contribution >= 4 is 23.3 Å². The molecule has 17 heavy (non-hydrogen) atoms. The number of hydrogen-bond acceptors (Lipinski definition) is 3. The largest absolute Gasteiger partial charge is 0.466 e. The fourth-order valence-electron chi connectivity index (χ4n) is 1.34. The Morgan fingerprint density at radius 3 is 2.82 bits per heavy atom. The summed E-state index contributed by atoms with van der Waals surface area (Å²) in [5.74, 6) is -0.353. The second-order valence-corrected chi connectivity index (χ2v) is 4.41. The molecule has 0 aliphatic rings. The second-order valence-electron chi connectivity index (χ2n) is 4.00. The summed E-state index contributed by atoms with van der Waals surface area (Å²) in [7, 11) is 0. The highest BCUT2D eigenvalue weighted by Crippen LogP contribution is 2.20. The van der Waals surface area contributed by atoms with Gasteiger partial charge in [-0.05, 0) is 31.5 Å². The van der Waals surface area contributed by atoms with Crippen molar-refractivity contribution in [1.82, 2.24) is 0 Å². The number of rotatable bonds is 5. The first-order valence-corrected chi connectivity index (χ1v) is 6.09. The summed E-state index contributed by atoms with van der Waals surface area (Å²) < 4.78 is 4.93. The highest BCUT2D eigenvalue weighted by atomic mass is 35.5. The molecule has 1 atom stereocenters. The van der Waals surface area contributed by atoms with Gasteiger partial charge in [-0.2, -0.15) is 0 Å². The van der Waals surface area contributed by atoms with E-state index < -0.39 is 0 Å². The molecule has 1 aromatic carbocycles. The Bertz CT molecular complexity index is 393. The lowest BCUT2D eigenvalue weighted by Gasteiger charge is -2.13. The number of carbonyl (C=O) groups excluding carboxylic acids is 1. The van der Waals surface area contributed by atoms with Crippen LogP contribution in [0.5, 0.6) is 0 Å². The van der Waals surface area contributed by atoms with Crippen LogP contribution in [0.15, 0.2) is 18.2 Å². The molecule has 0 radical (unpaired) electrons. The molecule has 1 N–H and O–H groups in total. The van der Waals surface area contributed by atoms with Crippen molar-refractivity contribution < 1.29 is 9.53 Å². The topological polar surface area (TPSA) is 38.3 Å². The van der Waals surface area contributed by atoms with Crippen molar-refractivity contribution in [3.63, 3.8) is 0 Å². The van der Waals surface area contributed by atoms with Crippen molar-refractivity contribution in [3.8, 4) is 0 Å². The maximum atomic E-state index is 11.4. The van der Waals surface area contributed by atoms with Gasteiger partial charge in [-0.15, -0.1) is 0 Å². The minimum Gasteiger partial charge on any atom is -0.466 e. The molecule has 0 saturated heterocycles. The zero-order valence-corrected chi connectivity index (χ0v) is 11.2. The number of carbonyl (C=O) groups is 1. The van der Waals surface area contributed by atoms with Gasteiger partial charge in [-0.25, -0.2) is 0 Å². The number of ether oxygens (including phenoxy) is 1. The van der Waals surface area contributed by atoms with Crippen molar-refractivity contribution in [2.24, 2.45) is 5.92 Å². The Morgan fingerprint density at radius 2 is 2.24 bits per heavy atom. The molecule has 3 nitrogen and oxygen atoms in total. The summed E-state index contributed by atoms with van der Waals surface area (Å²) in [6, 6.07) is 5.74. The minimum atomic E-state index is -0.182. The fraction of sp³-hybridized carbons (Fsp3) is 0.462. The molecule has 0 fully saturated rings. The lowest BCUT2D eigenvalue weighted by atomic mass is 10.1. The van der Waals surface area contributed by atoms with Gasteiger partial charge in [-0.1, -0.05) is 24.6 Å². The van der Waals surface area contributed by atoms with Gasteiger partial charge < -0.3 is 10.1 Å². The molecule has 0 heterocycles. The van der Waals surface area contributed by atoms with Gasteiger partial charge in [0.15, 0.2) is 0 Å². The van der Waals surface area contributed by atoms with Crippen LogP contribution in [0.2, 0.25) is 5.02 Å². The molecule has 0 aromatic heterocycles. The summed E-state index contributed by atoms with van der Waals surface area (Å²) in [4.78, 5) is 11.4. The average molecular weight is 256 g/mol. The zero-order chi connectivity index (χ0) is 12.8. The Labute approximate surface area is 107 Å². The van der Waals surface area contributed by atoms with Crippen LogP contribution >= 0.6 is 11.6 Å². The number of benzene rings is 1. The zero-order valence-electron chi connectivity index (χ0n) is 10.4. The SMILES string of the molecule is CCOC(=O)C(C)CNc1ccc(C)c(Cl)c1. The van der Waals surface area contributed by atoms with E-state index in [0.29, 0.717) is 13.2 Å². The van der Waals surface area contributed by atoms with Gasteiger partial charge in [0.25, 0.3) is 0 Å². The molecular weight excluding hydrogens is 238 g/mol. The Balaban J connectivity index is 2.50. The smallest absolute Gasteiger partial charge is 0.310 e. The standard InChI is InChI=1S/C13H18ClNO2/c1-4-17-13(16)10(3)8-15-11-6-5-9(2)12(14)7-11/h5-7,10,15H,4,8H2,1-3H3. The maximum absolute atomic E-state index is 11.4. The Morgan fingerprint density at radius 1 is 1.53 bits per heavy atom. The first kappa shape index (κ1) is 13.8. The highest BCUT2D eigenvalue weighted by Gasteiger charge is 2.13. The van der Waals surface area contributed by atoms with E-state index in [1.54, 1.807) is 6.92 Å². The van der Waals surface area contributed by atoms with Gasteiger partial charge in [0, 0.05) is 17.3 Å². The molecule has 1 rings (SSSR count). The molecule has 0 saturated carbocycles. The molecule has 0 aliphatic carbocycles. The van der Waals surface area contributed by atoms with E-state index in [9.17, 15) is 4.79 Å². The molecule has 1 aromatic rings. The number of esters is 1. The summed E-state index contributed by atoms with van der Waals surface area (Å²) >= 11 is 6.01. The van der Waals surface area contributed by atoms with Crippen molar-refractivity contribution in [2.75, 3.05) is 18.5 Å². The summed E-state index contributed by atoms with van der Waals surface area (Å²) in [5.41, 5.74) is 1.95. The third-order valence-electron chi connectivity index (χ3n) is 2.47. The van der Waals surface area contributed by atoms with E-state index in [-0.39, 0.29) is 11.9 Å². The van der Waals surface area contributed by atoms with Crippen LogP contribution in [0.3, 0.4) is 0 Å². The first-order chi connectivity index (χ1) is 8.04. The van der Waals surface area contributed by atoms with Crippen LogP contribution in [0.1, 0.15) is 19.4 Å². The molecule has 4 heteroatoms. The van der Waals surface area contributed by atoms with Crippen LogP contribution in [0, 0.1) is 12.8 Å². The van der Waals surface area contributed by atoms with Crippen LogP contribution in [0.25, 0.3) is 0 Å². The summed E-state index contributed by atoms with van der Waals surface area (Å²) in [6.07, 6.45) is 0. The third kappa shape index (κ3) is 4.27. The minimum absolute atomic E-state index is 0.171.